The van der Waals surface area contributed by atoms with E-state index >= 15 is 0 Å². The van der Waals surface area contributed by atoms with Crippen molar-refractivity contribution in [2.45, 2.75) is 0 Å². The zero-order chi connectivity index (χ0) is 7.72. The molecule has 54 valence electrons. The number of hydrogen-bond donors (Lipinski definition) is 1. The van der Waals surface area contributed by atoms with Crippen LogP contribution < -0.4 is 5.73 Å². The van der Waals surface area contributed by atoms with Crippen molar-refractivity contribution in [3.05, 3.63) is 18.8 Å². The van der Waals surface area contributed by atoms with E-state index in [-0.39, 0.29) is 0 Å². The Morgan fingerprint density at radius 3 is 2.60 bits per heavy atom. The number of nitrogens with zero attached hydrogens (tertiary/aromatic N) is 1. The molecule has 0 radical (unpaired) electrons. The Morgan fingerprint density at radius 1 is 1.50 bits per heavy atom. The molecular formula is C5H3Br2IN2. The van der Waals surface area contributed by atoms with Gasteiger partial charge in [-0.15, -0.1) is 0 Å². The third-order valence-electron chi connectivity index (χ3n) is 0.966. The summed E-state index contributed by atoms with van der Waals surface area (Å²) in [5.41, 5.74) is 6.38. The number of anilines is 1. The Morgan fingerprint density at radius 2 is 2.10 bits per heavy atom. The fourth-order valence-corrected chi connectivity index (χ4v) is 1.87. The molecule has 1 heterocycles. The minimum absolute atomic E-state index is 0.725. The number of aromatic nitrogens is 1. The molecule has 0 bridgehead atoms. The van der Waals surface area contributed by atoms with Crippen molar-refractivity contribution in [2.75, 3.05) is 5.73 Å². The van der Waals surface area contributed by atoms with Crippen LogP contribution in [0.1, 0.15) is 0 Å². The molecule has 0 fully saturated rings. The first-order valence-corrected chi connectivity index (χ1v) is 5.04. The summed E-state index contributed by atoms with van der Waals surface area (Å²) < 4.78 is 2.56. The molecule has 5 heteroatoms. The van der Waals surface area contributed by atoms with Crippen molar-refractivity contribution in [3.63, 3.8) is 0 Å². The molecule has 10 heavy (non-hydrogen) atoms. The molecule has 2 nitrogen and oxygen atoms in total. The van der Waals surface area contributed by atoms with Crippen molar-refractivity contribution in [1.82, 2.24) is 4.98 Å². The molecule has 1 rings (SSSR count). The van der Waals surface area contributed by atoms with Crippen LogP contribution >= 0.6 is 54.5 Å². The average Bonchev–Trinajstić information content (AvgIpc) is 1.93. The maximum absolute atomic E-state index is 5.66. The fraction of sp³-hybridized carbons (Fsp3) is 0. The van der Waals surface area contributed by atoms with Gasteiger partial charge in [0.15, 0.2) is 0 Å². The summed E-state index contributed by atoms with van der Waals surface area (Å²) >= 11 is 8.66. The van der Waals surface area contributed by atoms with E-state index in [1.165, 1.54) is 0 Å². The number of pyridine rings is 1. The fourth-order valence-electron chi connectivity index (χ4n) is 0.456. The molecule has 0 aliphatic carbocycles. The van der Waals surface area contributed by atoms with E-state index in [1.807, 2.05) is 0 Å². The number of rotatable bonds is 0. The Balaban J connectivity index is 3.34. The third-order valence-corrected chi connectivity index (χ3v) is 4.03. The SMILES string of the molecule is Nc1c(Br)cnc(Br)c1I. The molecular weight excluding hydrogens is 375 g/mol. The molecule has 0 aliphatic rings. The smallest absolute Gasteiger partial charge is 0.121 e. The second-order valence-corrected chi connectivity index (χ2v) is 4.31. The quantitative estimate of drug-likeness (QED) is 0.558. The van der Waals surface area contributed by atoms with Crippen LogP contribution in [0, 0.1) is 3.57 Å². The van der Waals surface area contributed by atoms with Gasteiger partial charge in [-0.25, -0.2) is 4.98 Å². The summed E-state index contributed by atoms with van der Waals surface area (Å²) in [6.45, 7) is 0. The predicted octanol–water partition coefficient (Wildman–Crippen LogP) is 2.79. The maximum Gasteiger partial charge on any atom is 0.121 e. The Hall–Kier alpha value is 0.640. The lowest BCUT2D eigenvalue weighted by atomic mass is 10.4. The highest BCUT2D eigenvalue weighted by atomic mass is 127. The van der Waals surface area contributed by atoms with E-state index in [2.05, 4.69) is 59.4 Å². The van der Waals surface area contributed by atoms with Crippen molar-refractivity contribution < 1.29 is 0 Å². The highest BCUT2D eigenvalue weighted by Gasteiger charge is 2.04. The molecule has 0 unspecified atom stereocenters. The Bertz CT molecular complexity index is 237. The van der Waals surface area contributed by atoms with Gasteiger partial charge >= 0.3 is 0 Å². The van der Waals surface area contributed by atoms with Crippen molar-refractivity contribution in [1.29, 1.82) is 0 Å². The molecule has 0 spiro atoms. The van der Waals surface area contributed by atoms with Gasteiger partial charge in [0.1, 0.15) is 4.60 Å². The van der Waals surface area contributed by atoms with E-state index in [0.29, 0.717) is 0 Å². The lowest BCUT2D eigenvalue weighted by Crippen LogP contribution is -1.93. The minimum Gasteiger partial charge on any atom is -0.397 e. The molecule has 0 atom stereocenters. The largest absolute Gasteiger partial charge is 0.397 e. The highest BCUT2D eigenvalue weighted by Crippen LogP contribution is 2.28. The first kappa shape index (κ1) is 8.73. The lowest BCUT2D eigenvalue weighted by Gasteiger charge is -2.00. The summed E-state index contributed by atoms with van der Waals surface area (Å²) in [7, 11) is 0. The van der Waals surface area contributed by atoms with E-state index in [1.54, 1.807) is 6.20 Å². The van der Waals surface area contributed by atoms with Crippen molar-refractivity contribution in [2.24, 2.45) is 0 Å². The molecule has 0 saturated heterocycles. The standard InChI is InChI=1S/C5H3Br2IN2/c6-2-1-10-5(7)3(8)4(2)9/h1H,(H2,9,10). The molecule has 0 amide bonds. The van der Waals surface area contributed by atoms with Gasteiger partial charge < -0.3 is 5.73 Å². The summed E-state index contributed by atoms with van der Waals surface area (Å²) in [5.74, 6) is 0. The topological polar surface area (TPSA) is 38.9 Å². The van der Waals surface area contributed by atoms with Crippen LogP contribution in [0.5, 0.6) is 0 Å². The third kappa shape index (κ3) is 1.62. The van der Waals surface area contributed by atoms with Gasteiger partial charge in [-0.3, -0.25) is 0 Å². The number of nitrogens with two attached hydrogens (primary N) is 1. The monoisotopic (exact) mass is 376 g/mol. The Labute approximate surface area is 89.0 Å². The van der Waals surface area contributed by atoms with E-state index < -0.39 is 0 Å². The maximum atomic E-state index is 5.66. The van der Waals surface area contributed by atoms with Crippen LogP contribution in [0.3, 0.4) is 0 Å². The van der Waals surface area contributed by atoms with Gasteiger partial charge in [-0.05, 0) is 54.5 Å². The number of nitrogen functional groups attached to an aromatic ring is 1. The predicted molar refractivity (Wildman–Crippen MR) is 56.8 cm³/mol. The first-order valence-electron chi connectivity index (χ1n) is 2.38. The zero-order valence-electron chi connectivity index (χ0n) is 4.74. The molecule has 0 saturated carbocycles. The van der Waals surface area contributed by atoms with E-state index in [0.717, 1.165) is 18.3 Å². The van der Waals surface area contributed by atoms with Crippen LogP contribution in [0.25, 0.3) is 0 Å². The summed E-state index contributed by atoms with van der Waals surface area (Å²) in [5, 5.41) is 0. The van der Waals surface area contributed by atoms with Crippen LogP contribution in [0.15, 0.2) is 15.3 Å². The molecule has 0 aliphatic heterocycles. The normalized spacial score (nSPS) is 9.90. The summed E-state index contributed by atoms with van der Waals surface area (Å²) in [6, 6.07) is 0. The summed E-state index contributed by atoms with van der Waals surface area (Å²) in [6.07, 6.45) is 1.67. The van der Waals surface area contributed by atoms with Crippen LogP contribution in [0.4, 0.5) is 5.69 Å². The zero-order valence-corrected chi connectivity index (χ0v) is 10.1. The molecule has 2 N–H and O–H groups in total. The van der Waals surface area contributed by atoms with Crippen molar-refractivity contribution >= 4 is 60.1 Å². The van der Waals surface area contributed by atoms with Crippen LogP contribution in [-0.2, 0) is 0 Å². The highest BCUT2D eigenvalue weighted by molar-refractivity contribution is 14.1. The van der Waals surface area contributed by atoms with E-state index in [9.17, 15) is 0 Å². The number of hydrogen-bond acceptors (Lipinski definition) is 2. The second-order valence-electron chi connectivity index (χ2n) is 1.62. The molecule has 0 aromatic carbocycles. The average molecular weight is 378 g/mol. The Kier molecular flexibility index (Phi) is 2.93. The van der Waals surface area contributed by atoms with Crippen LogP contribution in [0.2, 0.25) is 0 Å². The second kappa shape index (κ2) is 3.36. The molecule has 1 aromatic heterocycles. The minimum atomic E-state index is 0.725. The number of halogens is 3. The summed E-state index contributed by atoms with van der Waals surface area (Å²) in [4.78, 5) is 4.02. The van der Waals surface area contributed by atoms with Gasteiger partial charge in [0, 0.05) is 6.20 Å². The molecule has 1 aromatic rings. The van der Waals surface area contributed by atoms with Gasteiger partial charge in [0.05, 0.1) is 13.7 Å². The van der Waals surface area contributed by atoms with Crippen LogP contribution in [-0.4, -0.2) is 4.98 Å². The van der Waals surface area contributed by atoms with Gasteiger partial charge in [0.2, 0.25) is 0 Å². The van der Waals surface area contributed by atoms with E-state index in [4.69, 9.17) is 5.73 Å². The van der Waals surface area contributed by atoms with Gasteiger partial charge in [-0.2, -0.15) is 0 Å². The van der Waals surface area contributed by atoms with Gasteiger partial charge in [0.25, 0.3) is 0 Å². The van der Waals surface area contributed by atoms with Gasteiger partial charge in [-0.1, -0.05) is 0 Å². The van der Waals surface area contributed by atoms with Crippen molar-refractivity contribution in [3.8, 4) is 0 Å². The first-order chi connectivity index (χ1) is 4.63. The lowest BCUT2D eigenvalue weighted by molar-refractivity contribution is 1.24.